The molecule has 3 heteroatoms. The van der Waals surface area contributed by atoms with Crippen LogP contribution in [0.2, 0.25) is 0 Å². The van der Waals surface area contributed by atoms with Crippen molar-refractivity contribution < 1.29 is 0 Å². The lowest BCUT2D eigenvalue weighted by Crippen LogP contribution is -2.23. The summed E-state index contributed by atoms with van der Waals surface area (Å²) in [7, 11) is 0. The zero-order valence-corrected chi connectivity index (χ0v) is 17.3. The molecule has 1 N–H and O–H groups in total. The molecule has 0 radical (unpaired) electrons. The first-order valence-corrected chi connectivity index (χ1v) is 11.0. The first kappa shape index (κ1) is 19.8. The Morgan fingerprint density at radius 1 is 0.926 bits per heavy atom. The van der Waals surface area contributed by atoms with Crippen LogP contribution in [-0.2, 0) is 6.42 Å². The Kier molecular flexibility index (Phi) is 7.61. The SMILES string of the molecule is CCCCN[C@@H](c1ccc(CCCC)cc1)c1csc(-c2ccccc2)n1. The van der Waals surface area contributed by atoms with E-state index in [4.69, 9.17) is 4.98 Å². The van der Waals surface area contributed by atoms with Gasteiger partial charge in [0.1, 0.15) is 5.01 Å². The molecule has 0 unspecified atom stereocenters. The highest BCUT2D eigenvalue weighted by Gasteiger charge is 2.17. The summed E-state index contributed by atoms with van der Waals surface area (Å²) in [5.74, 6) is 0. The predicted molar refractivity (Wildman–Crippen MR) is 117 cm³/mol. The van der Waals surface area contributed by atoms with Gasteiger partial charge in [0.25, 0.3) is 0 Å². The molecule has 0 spiro atoms. The molecule has 2 aromatic carbocycles. The molecule has 1 aromatic heterocycles. The number of nitrogens with one attached hydrogen (secondary N) is 1. The second-order valence-electron chi connectivity index (χ2n) is 7.03. The molecule has 27 heavy (non-hydrogen) atoms. The Hall–Kier alpha value is -1.97. The molecule has 3 rings (SSSR count). The summed E-state index contributed by atoms with van der Waals surface area (Å²) in [5, 5.41) is 7.02. The quantitative estimate of drug-likeness (QED) is 0.400. The molecule has 0 saturated heterocycles. The van der Waals surface area contributed by atoms with Crippen molar-refractivity contribution in [1.82, 2.24) is 10.3 Å². The van der Waals surface area contributed by atoms with Crippen LogP contribution >= 0.6 is 11.3 Å². The van der Waals surface area contributed by atoms with Crippen LogP contribution in [0.25, 0.3) is 10.6 Å². The predicted octanol–water partition coefficient (Wildman–Crippen LogP) is 6.63. The Balaban J connectivity index is 1.82. The number of thiazole rings is 1. The van der Waals surface area contributed by atoms with Crippen molar-refractivity contribution in [2.45, 2.75) is 52.0 Å². The lowest BCUT2D eigenvalue weighted by atomic mass is 10.0. The third kappa shape index (κ3) is 5.50. The highest BCUT2D eigenvalue weighted by molar-refractivity contribution is 7.13. The van der Waals surface area contributed by atoms with Crippen LogP contribution in [0.3, 0.4) is 0 Å². The van der Waals surface area contributed by atoms with Crippen molar-refractivity contribution in [1.29, 1.82) is 0 Å². The third-order valence-electron chi connectivity index (χ3n) is 4.85. The summed E-state index contributed by atoms with van der Waals surface area (Å²) in [4.78, 5) is 4.96. The van der Waals surface area contributed by atoms with Gasteiger partial charge in [0.2, 0.25) is 0 Å². The number of rotatable bonds is 10. The average Bonchev–Trinajstić information content (AvgIpc) is 3.21. The number of unbranched alkanes of at least 4 members (excludes halogenated alkanes) is 2. The molecular formula is C24H30N2S. The Morgan fingerprint density at radius 3 is 2.37 bits per heavy atom. The van der Waals surface area contributed by atoms with Gasteiger partial charge >= 0.3 is 0 Å². The van der Waals surface area contributed by atoms with Gasteiger partial charge < -0.3 is 5.32 Å². The Labute approximate surface area is 167 Å². The summed E-state index contributed by atoms with van der Waals surface area (Å²) < 4.78 is 0. The lowest BCUT2D eigenvalue weighted by molar-refractivity contribution is 0.571. The average molecular weight is 379 g/mol. The zero-order chi connectivity index (χ0) is 18.9. The summed E-state index contributed by atoms with van der Waals surface area (Å²) >= 11 is 1.73. The summed E-state index contributed by atoms with van der Waals surface area (Å²) in [6, 6.07) is 19.7. The molecule has 0 aliphatic heterocycles. The first-order chi connectivity index (χ1) is 13.3. The molecule has 1 heterocycles. The second kappa shape index (κ2) is 10.4. The van der Waals surface area contributed by atoms with Crippen LogP contribution in [-0.4, -0.2) is 11.5 Å². The number of aryl methyl sites for hydroxylation is 1. The third-order valence-corrected chi connectivity index (χ3v) is 5.76. The van der Waals surface area contributed by atoms with E-state index in [0.717, 1.165) is 17.2 Å². The van der Waals surface area contributed by atoms with Gasteiger partial charge in [0, 0.05) is 10.9 Å². The molecule has 0 amide bonds. The molecule has 3 aromatic rings. The van der Waals surface area contributed by atoms with E-state index >= 15 is 0 Å². The number of benzene rings is 2. The van der Waals surface area contributed by atoms with Crippen LogP contribution in [0.15, 0.2) is 60.0 Å². The Bertz CT molecular complexity index is 793. The van der Waals surface area contributed by atoms with Gasteiger partial charge in [-0.15, -0.1) is 11.3 Å². The summed E-state index contributed by atoms with van der Waals surface area (Å²) in [5.41, 5.74) is 5.04. The molecule has 2 nitrogen and oxygen atoms in total. The van der Waals surface area contributed by atoms with E-state index in [9.17, 15) is 0 Å². The van der Waals surface area contributed by atoms with Gasteiger partial charge in [-0.25, -0.2) is 4.98 Å². The zero-order valence-electron chi connectivity index (χ0n) is 16.4. The molecule has 0 aliphatic carbocycles. The maximum atomic E-state index is 4.96. The van der Waals surface area contributed by atoms with E-state index in [0.29, 0.717) is 0 Å². The number of nitrogens with zero attached hydrogens (tertiary/aromatic N) is 1. The van der Waals surface area contributed by atoms with Gasteiger partial charge in [-0.05, 0) is 36.9 Å². The van der Waals surface area contributed by atoms with Gasteiger partial charge in [-0.1, -0.05) is 81.3 Å². The van der Waals surface area contributed by atoms with Crippen molar-refractivity contribution >= 4 is 11.3 Å². The maximum absolute atomic E-state index is 4.96. The van der Waals surface area contributed by atoms with E-state index in [2.05, 4.69) is 73.1 Å². The minimum atomic E-state index is 0.158. The van der Waals surface area contributed by atoms with Crippen LogP contribution < -0.4 is 5.32 Å². The number of hydrogen-bond acceptors (Lipinski definition) is 3. The van der Waals surface area contributed by atoms with Crippen molar-refractivity contribution in [3.63, 3.8) is 0 Å². The van der Waals surface area contributed by atoms with E-state index in [1.807, 2.05) is 6.07 Å². The summed E-state index contributed by atoms with van der Waals surface area (Å²) in [6.45, 7) is 5.49. The monoisotopic (exact) mass is 378 g/mol. The van der Waals surface area contributed by atoms with Crippen LogP contribution in [0, 0.1) is 0 Å². The fourth-order valence-electron chi connectivity index (χ4n) is 3.21. The fraction of sp³-hybridized carbons (Fsp3) is 0.375. The van der Waals surface area contributed by atoms with Crippen molar-refractivity contribution in [2.75, 3.05) is 6.54 Å². The largest absolute Gasteiger partial charge is 0.305 e. The molecule has 0 aliphatic rings. The van der Waals surface area contributed by atoms with Crippen molar-refractivity contribution in [2.24, 2.45) is 0 Å². The minimum Gasteiger partial charge on any atom is -0.305 e. The normalized spacial score (nSPS) is 12.2. The number of aromatic nitrogens is 1. The smallest absolute Gasteiger partial charge is 0.123 e. The molecule has 1 atom stereocenters. The van der Waals surface area contributed by atoms with Gasteiger partial charge in [-0.2, -0.15) is 0 Å². The van der Waals surface area contributed by atoms with Gasteiger partial charge in [0.05, 0.1) is 11.7 Å². The number of hydrogen-bond donors (Lipinski definition) is 1. The standard InChI is InChI=1S/C24H30N2S/c1-3-5-10-19-13-15-20(16-14-19)23(25-17-6-4-2)22-18-27-24(26-22)21-11-8-7-9-12-21/h7-9,11-16,18,23,25H,3-6,10,17H2,1-2H3/t23-/m0/s1. The summed E-state index contributed by atoms with van der Waals surface area (Å²) in [6.07, 6.45) is 6.04. The molecule has 0 bridgehead atoms. The minimum absolute atomic E-state index is 0.158. The molecule has 142 valence electrons. The fourth-order valence-corrected chi connectivity index (χ4v) is 4.06. The van der Waals surface area contributed by atoms with Crippen LogP contribution in [0.5, 0.6) is 0 Å². The lowest BCUT2D eigenvalue weighted by Gasteiger charge is -2.18. The van der Waals surface area contributed by atoms with Crippen LogP contribution in [0.4, 0.5) is 0 Å². The molecular weight excluding hydrogens is 348 g/mol. The topological polar surface area (TPSA) is 24.9 Å². The highest BCUT2D eigenvalue weighted by atomic mass is 32.1. The first-order valence-electron chi connectivity index (χ1n) is 10.1. The maximum Gasteiger partial charge on any atom is 0.123 e. The van der Waals surface area contributed by atoms with Gasteiger partial charge in [-0.3, -0.25) is 0 Å². The second-order valence-corrected chi connectivity index (χ2v) is 7.89. The van der Waals surface area contributed by atoms with Gasteiger partial charge in [0.15, 0.2) is 0 Å². The van der Waals surface area contributed by atoms with Crippen molar-refractivity contribution in [3.05, 3.63) is 76.8 Å². The highest BCUT2D eigenvalue weighted by Crippen LogP contribution is 2.29. The van der Waals surface area contributed by atoms with Crippen LogP contribution in [0.1, 0.15) is 62.4 Å². The Morgan fingerprint density at radius 2 is 1.67 bits per heavy atom. The molecule has 0 saturated carbocycles. The van der Waals surface area contributed by atoms with E-state index < -0.39 is 0 Å². The van der Waals surface area contributed by atoms with E-state index in [1.54, 1.807) is 11.3 Å². The molecule has 0 fully saturated rings. The van der Waals surface area contributed by atoms with E-state index in [-0.39, 0.29) is 6.04 Å². The van der Waals surface area contributed by atoms with Crippen molar-refractivity contribution in [3.8, 4) is 10.6 Å². The van der Waals surface area contributed by atoms with E-state index in [1.165, 1.54) is 48.8 Å².